The van der Waals surface area contributed by atoms with Crippen LogP contribution in [0, 0.1) is 0 Å². The normalized spacial score (nSPS) is 29.9. The van der Waals surface area contributed by atoms with Crippen LogP contribution in [0.15, 0.2) is 33.9 Å². The van der Waals surface area contributed by atoms with Crippen molar-refractivity contribution >= 4 is 21.7 Å². The van der Waals surface area contributed by atoms with Crippen LogP contribution in [0.1, 0.15) is 26.7 Å². The van der Waals surface area contributed by atoms with Gasteiger partial charge in [0.15, 0.2) is 5.78 Å². The molecule has 0 radical (unpaired) electrons. The molecule has 0 aromatic heterocycles. The molecule has 1 rings (SSSR count). The highest BCUT2D eigenvalue weighted by Gasteiger charge is 2.04. The predicted octanol–water partition coefficient (Wildman–Crippen LogP) is 3.52. The summed E-state index contributed by atoms with van der Waals surface area (Å²) in [6, 6.07) is 0. The Bertz CT molecular complexity index is 308. The molecule has 0 N–H and O–H groups in total. The minimum atomic E-state index is 0.140. The van der Waals surface area contributed by atoms with Gasteiger partial charge in [0.05, 0.1) is 0 Å². The third-order valence-corrected chi connectivity index (χ3v) is 2.96. The fourth-order valence-electron chi connectivity index (χ4n) is 1.22. The molecule has 0 fully saturated rings. The first-order valence-electron chi connectivity index (χ1n) is 4.36. The van der Waals surface area contributed by atoms with E-state index in [1.165, 1.54) is 0 Å². The van der Waals surface area contributed by atoms with E-state index in [1.54, 1.807) is 6.92 Å². The molecule has 70 valence electrons. The number of carbonyl (C=O) groups excluding carboxylic acids is 1. The van der Waals surface area contributed by atoms with E-state index in [2.05, 4.69) is 22.0 Å². The van der Waals surface area contributed by atoms with Crippen LogP contribution in [0.2, 0.25) is 0 Å². The van der Waals surface area contributed by atoms with E-state index >= 15 is 0 Å². The van der Waals surface area contributed by atoms with Gasteiger partial charge < -0.3 is 0 Å². The lowest BCUT2D eigenvalue weighted by Gasteiger charge is -2.05. The Hall–Kier alpha value is -0.630. The van der Waals surface area contributed by atoms with Crippen molar-refractivity contribution in [3.63, 3.8) is 0 Å². The Kier molecular flexibility index (Phi) is 3.67. The van der Waals surface area contributed by atoms with Gasteiger partial charge in [-0.1, -0.05) is 28.1 Å². The van der Waals surface area contributed by atoms with Gasteiger partial charge in [0, 0.05) is 10.1 Å². The molecule has 0 amide bonds. The molecule has 0 atom stereocenters. The quantitative estimate of drug-likeness (QED) is 0.686. The highest BCUT2D eigenvalue weighted by Crippen LogP contribution is 2.22. The topological polar surface area (TPSA) is 17.1 Å². The molecule has 0 heterocycles. The predicted molar refractivity (Wildman–Crippen MR) is 58.8 cm³/mol. The minimum Gasteiger partial charge on any atom is -0.295 e. The van der Waals surface area contributed by atoms with Crippen molar-refractivity contribution in [3.05, 3.63) is 33.9 Å². The molecule has 1 aliphatic carbocycles. The summed E-state index contributed by atoms with van der Waals surface area (Å²) in [5.74, 6) is 0.140. The van der Waals surface area contributed by atoms with Crippen LogP contribution in [0.4, 0.5) is 0 Å². The van der Waals surface area contributed by atoms with Crippen LogP contribution in [0.3, 0.4) is 0 Å². The van der Waals surface area contributed by atoms with Crippen LogP contribution in [-0.4, -0.2) is 5.78 Å². The first kappa shape index (κ1) is 10.5. The third kappa shape index (κ3) is 2.96. The maximum absolute atomic E-state index is 11.2. The van der Waals surface area contributed by atoms with Crippen molar-refractivity contribution in [1.82, 2.24) is 0 Å². The largest absolute Gasteiger partial charge is 0.295 e. The van der Waals surface area contributed by atoms with Crippen molar-refractivity contribution in [2.24, 2.45) is 0 Å². The molecule has 0 aromatic rings. The van der Waals surface area contributed by atoms with E-state index in [4.69, 9.17) is 0 Å². The zero-order valence-corrected chi connectivity index (χ0v) is 9.52. The molecular formula is C11H13BrO. The van der Waals surface area contributed by atoms with Crippen LogP contribution in [0.25, 0.3) is 0 Å². The van der Waals surface area contributed by atoms with Crippen LogP contribution in [0.5, 0.6) is 0 Å². The average molecular weight is 241 g/mol. The number of ketones is 1. The Morgan fingerprint density at radius 1 is 1.38 bits per heavy atom. The Morgan fingerprint density at radius 3 is 2.62 bits per heavy atom. The Balaban J connectivity index is 3.01. The maximum atomic E-state index is 11.2. The fourth-order valence-corrected chi connectivity index (χ4v) is 1.56. The van der Waals surface area contributed by atoms with Crippen molar-refractivity contribution < 1.29 is 4.79 Å². The second-order valence-electron chi connectivity index (χ2n) is 3.17. The molecule has 13 heavy (non-hydrogen) atoms. The molecule has 0 saturated heterocycles. The number of allylic oxidation sites excluding steroid dienone is 6. The second kappa shape index (κ2) is 4.56. The van der Waals surface area contributed by atoms with Gasteiger partial charge in [0.25, 0.3) is 0 Å². The summed E-state index contributed by atoms with van der Waals surface area (Å²) >= 11 is 3.47. The smallest absolute Gasteiger partial charge is 0.159 e. The second-order valence-corrected chi connectivity index (χ2v) is 4.03. The number of rotatable bonds is 1. The minimum absolute atomic E-state index is 0.140. The van der Waals surface area contributed by atoms with Crippen molar-refractivity contribution in [2.75, 3.05) is 0 Å². The standard InChI is InChI=1S/C11H13BrO/c1-8-7-10(9(2)13)5-3-4-6-11(8)12/h5-7H,3-4H2,1-2H3/b8-7-,10-5+,11-6+. The summed E-state index contributed by atoms with van der Waals surface area (Å²) in [6.07, 6.45) is 8.00. The van der Waals surface area contributed by atoms with E-state index in [9.17, 15) is 4.79 Å². The molecule has 1 nitrogen and oxygen atoms in total. The lowest BCUT2D eigenvalue weighted by molar-refractivity contribution is -0.113. The van der Waals surface area contributed by atoms with Crippen LogP contribution in [-0.2, 0) is 4.79 Å². The van der Waals surface area contributed by atoms with Gasteiger partial charge in [0.2, 0.25) is 0 Å². The van der Waals surface area contributed by atoms with Crippen molar-refractivity contribution in [2.45, 2.75) is 26.7 Å². The molecular weight excluding hydrogens is 228 g/mol. The molecule has 2 heteroatoms. The Labute approximate surface area is 87.3 Å². The monoisotopic (exact) mass is 240 g/mol. The van der Waals surface area contributed by atoms with Gasteiger partial charge in [0.1, 0.15) is 0 Å². The maximum Gasteiger partial charge on any atom is 0.159 e. The van der Waals surface area contributed by atoms with Crippen molar-refractivity contribution in [3.8, 4) is 0 Å². The zero-order valence-electron chi connectivity index (χ0n) is 7.93. The summed E-state index contributed by atoms with van der Waals surface area (Å²) in [7, 11) is 0. The molecule has 0 aliphatic heterocycles. The molecule has 0 unspecified atom stereocenters. The summed E-state index contributed by atoms with van der Waals surface area (Å²) in [6.45, 7) is 3.61. The Morgan fingerprint density at radius 2 is 2.00 bits per heavy atom. The highest BCUT2D eigenvalue weighted by atomic mass is 79.9. The number of hydrogen-bond donors (Lipinski definition) is 0. The van der Waals surface area contributed by atoms with E-state index < -0.39 is 0 Å². The number of hydrogen-bond acceptors (Lipinski definition) is 1. The van der Waals surface area contributed by atoms with E-state index in [0.29, 0.717) is 0 Å². The van der Waals surface area contributed by atoms with Gasteiger partial charge in [-0.05, 0) is 38.3 Å². The molecule has 0 aromatic carbocycles. The molecule has 0 bridgehead atoms. The number of Topliss-reactive ketones (excluding diaryl/α,β-unsaturated/α-hetero) is 1. The first-order chi connectivity index (χ1) is 6.11. The average Bonchev–Trinajstić information content (AvgIpc) is 2.06. The molecule has 0 spiro atoms. The first-order valence-corrected chi connectivity index (χ1v) is 5.16. The van der Waals surface area contributed by atoms with Crippen LogP contribution < -0.4 is 0 Å². The lowest BCUT2D eigenvalue weighted by atomic mass is 10.0. The molecule has 0 saturated carbocycles. The van der Waals surface area contributed by atoms with E-state index in [1.807, 2.05) is 19.1 Å². The fraction of sp³-hybridized carbons (Fsp3) is 0.364. The lowest BCUT2D eigenvalue weighted by Crippen LogP contribution is -1.96. The summed E-state index contributed by atoms with van der Waals surface area (Å²) in [4.78, 5) is 11.2. The van der Waals surface area contributed by atoms with Gasteiger partial charge in [-0.15, -0.1) is 0 Å². The number of halogens is 1. The van der Waals surface area contributed by atoms with E-state index in [-0.39, 0.29) is 5.78 Å². The SMILES string of the molecule is CC(=O)C1=C/CC\C=C(Br)/C(C)=C\1. The van der Waals surface area contributed by atoms with Gasteiger partial charge in [-0.2, -0.15) is 0 Å². The third-order valence-electron chi connectivity index (χ3n) is 2.01. The van der Waals surface area contributed by atoms with Gasteiger partial charge >= 0.3 is 0 Å². The number of carbonyl (C=O) groups is 1. The zero-order chi connectivity index (χ0) is 9.84. The van der Waals surface area contributed by atoms with Crippen molar-refractivity contribution in [1.29, 1.82) is 0 Å². The summed E-state index contributed by atoms with van der Waals surface area (Å²) in [5, 5.41) is 0. The summed E-state index contributed by atoms with van der Waals surface area (Å²) in [5.41, 5.74) is 1.93. The highest BCUT2D eigenvalue weighted by molar-refractivity contribution is 9.12. The van der Waals surface area contributed by atoms with Gasteiger partial charge in [-0.3, -0.25) is 4.79 Å². The molecule has 1 aliphatic rings. The van der Waals surface area contributed by atoms with Crippen LogP contribution >= 0.6 is 15.9 Å². The van der Waals surface area contributed by atoms with E-state index in [0.717, 1.165) is 28.5 Å². The summed E-state index contributed by atoms with van der Waals surface area (Å²) < 4.78 is 1.10. The van der Waals surface area contributed by atoms with Gasteiger partial charge in [-0.25, -0.2) is 0 Å².